The molecule has 0 spiro atoms. The van der Waals surface area contributed by atoms with Crippen LogP contribution in [0.15, 0.2) is 60.7 Å². The molecule has 0 N–H and O–H groups in total. The average molecular weight is 297 g/mol. The maximum absolute atomic E-state index is 9.43. The van der Waals surface area contributed by atoms with Gasteiger partial charge in [0.15, 0.2) is 0 Å². The van der Waals surface area contributed by atoms with E-state index in [0.717, 1.165) is 16.7 Å². The predicted molar refractivity (Wildman–Crippen MR) is 96.2 cm³/mol. The lowest BCUT2D eigenvalue weighted by Gasteiger charge is -2.10. The molecule has 112 valence electrons. The van der Waals surface area contributed by atoms with Gasteiger partial charge < -0.3 is 0 Å². The Morgan fingerprint density at radius 2 is 1.26 bits per heavy atom. The molecule has 0 aliphatic carbocycles. The summed E-state index contributed by atoms with van der Waals surface area (Å²) in [4.78, 5) is 0. The van der Waals surface area contributed by atoms with E-state index in [0.29, 0.717) is 5.56 Å². The molecule has 0 amide bonds. The number of rotatable bonds is 2. The normalized spacial score (nSPS) is 10.3. The first-order valence-corrected chi connectivity index (χ1v) is 7.77. The van der Waals surface area contributed by atoms with Gasteiger partial charge in [0.05, 0.1) is 11.6 Å². The van der Waals surface area contributed by atoms with Gasteiger partial charge in [0, 0.05) is 5.56 Å². The molecule has 0 saturated carbocycles. The average Bonchev–Trinajstić information content (AvgIpc) is 2.57. The Labute approximate surface area is 137 Å². The van der Waals surface area contributed by atoms with Crippen LogP contribution in [-0.2, 0) is 0 Å². The van der Waals surface area contributed by atoms with E-state index in [1.54, 1.807) is 0 Å². The lowest BCUT2D eigenvalue weighted by atomic mass is 9.93. The van der Waals surface area contributed by atoms with E-state index in [-0.39, 0.29) is 0 Å². The van der Waals surface area contributed by atoms with Crippen LogP contribution in [0.5, 0.6) is 0 Å². The molecule has 1 heteroatoms. The summed E-state index contributed by atoms with van der Waals surface area (Å²) in [6.07, 6.45) is 0. The second-order valence-electron chi connectivity index (χ2n) is 6.04. The monoisotopic (exact) mass is 297 g/mol. The molecule has 0 aliphatic heterocycles. The number of nitriles is 1. The molecule has 0 aromatic heterocycles. The third-order valence-electron chi connectivity index (χ3n) is 4.34. The van der Waals surface area contributed by atoms with Crippen molar-refractivity contribution in [2.45, 2.75) is 20.8 Å². The first-order chi connectivity index (χ1) is 11.1. The van der Waals surface area contributed by atoms with Gasteiger partial charge in [0.1, 0.15) is 0 Å². The molecule has 0 atom stereocenters. The zero-order valence-corrected chi connectivity index (χ0v) is 13.7. The Hall–Kier alpha value is -2.85. The lowest BCUT2D eigenvalue weighted by Crippen LogP contribution is -1.88. The number of hydrogen-bond donors (Lipinski definition) is 0. The highest BCUT2D eigenvalue weighted by molar-refractivity contribution is 5.78. The third kappa shape index (κ3) is 3.03. The number of hydrogen-bond acceptors (Lipinski definition) is 1. The summed E-state index contributed by atoms with van der Waals surface area (Å²) in [6, 6.07) is 23.2. The van der Waals surface area contributed by atoms with E-state index in [9.17, 15) is 5.26 Å². The van der Waals surface area contributed by atoms with Crippen molar-refractivity contribution in [3.8, 4) is 28.3 Å². The molecule has 3 aromatic carbocycles. The molecular formula is C22H19N. The largest absolute Gasteiger partial charge is 0.192 e. The maximum Gasteiger partial charge on any atom is 0.0998 e. The Bertz CT molecular complexity index is 896. The van der Waals surface area contributed by atoms with E-state index in [4.69, 9.17) is 0 Å². The molecule has 0 radical (unpaired) electrons. The van der Waals surface area contributed by atoms with E-state index < -0.39 is 0 Å². The molecule has 0 heterocycles. The van der Waals surface area contributed by atoms with Crippen molar-refractivity contribution in [3.63, 3.8) is 0 Å². The molecule has 3 rings (SSSR count). The van der Waals surface area contributed by atoms with Gasteiger partial charge in [0.2, 0.25) is 0 Å². The minimum Gasteiger partial charge on any atom is -0.192 e. The second kappa shape index (κ2) is 6.10. The van der Waals surface area contributed by atoms with Crippen molar-refractivity contribution in [2.24, 2.45) is 0 Å². The van der Waals surface area contributed by atoms with Gasteiger partial charge in [-0.25, -0.2) is 0 Å². The summed E-state index contributed by atoms with van der Waals surface area (Å²) in [5.41, 5.74) is 8.90. The van der Waals surface area contributed by atoms with Crippen molar-refractivity contribution in [2.75, 3.05) is 0 Å². The summed E-state index contributed by atoms with van der Waals surface area (Å²) in [6.45, 7) is 6.32. The number of benzene rings is 3. The first-order valence-electron chi connectivity index (χ1n) is 7.77. The highest BCUT2D eigenvalue weighted by Gasteiger charge is 2.08. The summed E-state index contributed by atoms with van der Waals surface area (Å²) < 4.78 is 0. The molecule has 23 heavy (non-hydrogen) atoms. The molecular weight excluding hydrogens is 278 g/mol. The van der Waals surface area contributed by atoms with Crippen LogP contribution in [0.3, 0.4) is 0 Å². The van der Waals surface area contributed by atoms with Gasteiger partial charge in [-0.05, 0) is 60.7 Å². The summed E-state index contributed by atoms with van der Waals surface area (Å²) in [5.74, 6) is 0. The summed E-state index contributed by atoms with van der Waals surface area (Å²) in [5, 5.41) is 9.43. The second-order valence-corrected chi connectivity index (χ2v) is 6.04. The first kappa shape index (κ1) is 15.1. The van der Waals surface area contributed by atoms with E-state index in [2.05, 4.69) is 75.4 Å². The van der Waals surface area contributed by atoms with Crippen LogP contribution in [0.25, 0.3) is 22.3 Å². The van der Waals surface area contributed by atoms with Crippen LogP contribution in [0.2, 0.25) is 0 Å². The zero-order chi connectivity index (χ0) is 16.4. The number of aryl methyl sites for hydroxylation is 3. The molecule has 0 saturated heterocycles. The van der Waals surface area contributed by atoms with Crippen LogP contribution >= 0.6 is 0 Å². The van der Waals surface area contributed by atoms with Crippen molar-refractivity contribution in [1.82, 2.24) is 0 Å². The standard InChI is InChI=1S/C22H19N/c1-15-4-7-18(8-5-15)22-13-20(10-11-21(22)14-23)19-9-6-16(2)17(3)12-19/h4-13H,1-3H3. The Kier molecular flexibility index (Phi) is 4.00. The maximum atomic E-state index is 9.43. The lowest BCUT2D eigenvalue weighted by molar-refractivity contribution is 1.34. The molecule has 3 aromatic rings. The molecule has 0 aliphatic rings. The van der Waals surface area contributed by atoms with Crippen molar-refractivity contribution in [3.05, 3.63) is 82.9 Å². The smallest absolute Gasteiger partial charge is 0.0998 e. The Balaban J connectivity index is 2.14. The highest BCUT2D eigenvalue weighted by Crippen LogP contribution is 2.30. The van der Waals surface area contributed by atoms with E-state index >= 15 is 0 Å². The van der Waals surface area contributed by atoms with Crippen molar-refractivity contribution >= 4 is 0 Å². The Morgan fingerprint density at radius 1 is 0.652 bits per heavy atom. The van der Waals surface area contributed by atoms with E-state index in [1.165, 1.54) is 22.3 Å². The fourth-order valence-corrected chi connectivity index (χ4v) is 2.71. The van der Waals surface area contributed by atoms with Crippen LogP contribution in [-0.4, -0.2) is 0 Å². The van der Waals surface area contributed by atoms with Gasteiger partial charge in [-0.3, -0.25) is 0 Å². The zero-order valence-electron chi connectivity index (χ0n) is 13.7. The number of nitrogens with zero attached hydrogens (tertiary/aromatic N) is 1. The highest BCUT2D eigenvalue weighted by atomic mass is 14.2. The minimum atomic E-state index is 0.710. The van der Waals surface area contributed by atoms with Gasteiger partial charge in [-0.1, -0.05) is 54.1 Å². The molecule has 0 unspecified atom stereocenters. The van der Waals surface area contributed by atoms with Crippen molar-refractivity contribution in [1.29, 1.82) is 5.26 Å². The van der Waals surface area contributed by atoms with Crippen LogP contribution in [0, 0.1) is 32.1 Å². The molecule has 0 bridgehead atoms. The van der Waals surface area contributed by atoms with Crippen molar-refractivity contribution < 1.29 is 0 Å². The van der Waals surface area contributed by atoms with Gasteiger partial charge >= 0.3 is 0 Å². The Morgan fingerprint density at radius 3 is 1.91 bits per heavy atom. The van der Waals surface area contributed by atoms with Crippen LogP contribution in [0.1, 0.15) is 22.3 Å². The molecule has 0 fully saturated rings. The SMILES string of the molecule is Cc1ccc(-c2cc(-c3ccc(C)c(C)c3)ccc2C#N)cc1. The van der Waals surface area contributed by atoms with E-state index in [1.807, 2.05) is 12.1 Å². The summed E-state index contributed by atoms with van der Waals surface area (Å²) in [7, 11) is 0. The third-order valence-corrected chi connectivity index (χ3v) is 4.34. The fourth-order valence-electron chi connectivity index (χ4n) is 2.71. The molecule has 1 nitrogen and oxygen atoms in total. The topological polar surface area (TPSA) is 23.8 Å². The quantitative estimate of drug-likeness (QED) is 0.585. The van der Waals surface area contributed by atoms with Crippen LogP contribution in [0.4, 0.5) is 0 Å². The summed E-state index contributed by atoms with van der Waals surface area (Å²) >= 11 is 0. The van der Waals surface area contributed by atoms with Gasteiger partial charge in [-0.2, -0.15) is 5.26 Å². The predicted octanol–water partition coefficient (Wildman–Crippen LogP) is 5.82. The van der Waals surface area contributed by atoms with Gasteiger partial charge in [-0.15, -0.1) is 0 Å². The van der Waals surface area contributed by atoms with Crippen LogP contribution < -0.4 is 0 Å². The fraction of sp³-hybridized carbons (Fsp3) is 0.136. The minimum absolute atomic E-state index is 0.710. The van der Waals surface area contributed by atoms with Gasteiger partial charge in [0.25, 0.3) is 0 Å².